The van der Waals surface area contributed by atoms with Gasteiger partial charge >= 0.3 is 18.0 Å². The van der Waals surface area contributed by atoms with Crippen molar-refractivity contribution in [2.24, 2.45) is 0 Å². The summed E-state index contributed by atoms with van der Waals surface area (Å²) in [4.78, 5) is 39.0. The summed E-state index contributed by atoms with van der Waals surface area (Å²) in [6.07, 6.45) is 32.0. The number of aliphatic hydroxyl groups excluding tert-OH is 5. The number of unbranched alkanes of at least 4 members (excludes halogenated alkanes) is 33. The number of ether oxygens (including phenoxy) is 5. The standard InChI is InChI=1S/C59H105NO13/c1-3-5-7-9-11-13-15-17-18-19-20-21-22-23-24-25-26-27-29-31-33-35-40-44-52(62)72-50(43-39-34-32-30-28-16-14-12-10-8-6-4-2)53(63)49(46-69-58-56(66)55(65)54(64)51(45-61)73-58)60-59(68)71-47-70-57(67)48-41-37-36-38-42-48/h36-38,41-42,49-51,53-56,58,61,63-66H,3-35,39-40,43-47H2,1-2H3,(H,60,68)/t49-,50+,51+,53-,54-,55-,56+,58-/m0/s1. The van der Waals surface area contributed by atoms with E-state index in [0.29, 0.717) is 19.3 Å². The summed E-state index contributed by atoms with van der Waals surface area (Å²) in [6, 6.07) is 6.84. The van der Waals surface area contributed by atoms with Crippen molar-refractivity contribution in [1.29, 1.82) is 0 Å². The van der Waals surface area contributed by atoms with Gasteiger partial charge in [-0.1, -0.05) is 244 Å². The second kappa shape index (κ2) is 45.4. The highest BCUT2D eigenvalue weighted by molar-refractivity contribution is 5.89. The van der Waals surface area contributed by atoms with Crippen LogP contribution in [-0.2, 0) is 28.5 Å². The Morgan fingerprint density at radius 3 is 1.42 bits per heavy atom. The molecule has 1 aliphatic heterocycles. The molecule has 0 saturated carbocycles. The summed E-state index contributed by atoms with van der Waals surface area (Å²) in [7, 11) is 0. The SMILES string of the molecule is CCCCCCCCCCCCCCCCCCCCCCCCCC(=O)O[C@H](CCCCCCCCCCCCCC)[C@@H](O)[C@H](CO[C@H]1O[C@H](CO)[C@H](O)[C@H](O)[C@H]1O)NC(=O)OCOC(=O)c1ccccc1. The molecule has 0 bridgehead atoms. The number of carbonyl (C=O) groups excluding carboxylic acids is 3. The van der Waals surface area contributed by atoms with E-state index >= 15 is 0 Å². The normalized spacial score (nSPS) is 19.0. The largest absolute Gasteiger partial charge is 0.460 e. The Hall–Kier alpha value is -2.85. The zero-order valence-electron chi connectivity index (χ0n) is 45.8. The van der Waals surface area contributed by atoms with Gasteiger partial charge in [0.15, 0.2) is 6.29 Å². The van der Waals surface area contributed by atoms with E-state index in [0.717, 1.165) is 44.9 Å². The van der Waals surface area contributed by atoms with Gasteiger partial charge in [-0.2, -0.15) is 0 Å². The Morgan fingerprint density at radius 1 is 0.562 bits per heavy atom. The smallest absolute Gasteiger partial charge is 0.410 e. The average molecular weight is 1040 g/mol. The number of carbonyl (C=O) groups is 3. The molecule has 0 unspecified atom stereocenters. The van der Waals surface area contributed by atoms with Crippen LogP contribution in [0.3, 0.4) is 0 Å². The molecule has 0 radical (unpaired) electrons. The molecule has 14 heteroatoms. The van der Waals surface area contributed by atoms with Crippen molar-refractivity contribution in [1.82, 2.24) is 5.32 Å². The lowest BCUT2D eigenvalue weighted by atomic mass is 9.98. The van der Waals surface area contributed by atoms with Crippen molar-refractivity contribution in [3.63, 3.8) is 0 Å². The second-order valence-corrected chi connectivity index (χ2v) is 20.9. The molecule has 0 aliphatic carbocycles. The maximum absolute atomic E-state index is 13.4. The molecule has 1 aliphatic rings. The number of esters is 2. The Labute approximate surface area is 441 Å². The maximum Gasteiger partial charge on any atom is 0.410 e. The lowest BCUT2D eigenvalue weighted by Gasteiger charge is -2.40. The van der Waals surface area contributed by atoms with Crippen LogP contribution >= 0.6 is 0 Å². The van der Waals surface area contributed by atoms with E-state index in [4.69, 9.17) is 23.7 Å². The third-order valence-electron chi connectivity index (χ3n) is 14.4. The zero-order valence-corrected chi connectivity index (χ0v) is 45.8. The number of hydrogen-bond acceptors (Lipinski definition) is 13. The predicted molar refractivity (Wildman–Crippen MR) is 288 cm³/mol. The summed E-state index contributed by atoms with van der Waals surface area (Å²) in [5.41, 5.74) is 0.256. The van der Waals surface area contributed by atoms with Gasteiger partial charge in [0.25, 0.3) is 0 Å². The van der Waals surface area contributed by atoms with Gasteiger partial charge in [0, 0.05) is 6.42 Å². The maximum atomic E-state index is 13.4. The molecule has 73 heavy (non-hydrogen) atoms. The van der Waals surface area contributed by atoms with Gasteiger partial charge in [-0.25, -0.2) is 9.59 Å². The zero-order chi connectivity index (χ0) is 53.0. The van der Waals surface area contributed by atoms with Crippen molar-refractivity contribution < 1.29 is 63.6 Å². The molecule has 1 aromatic rings. The molecule has 2 rings (SSSR count). The number of benzene rings is 1. The molecule has 0 aromatic heterocycles. The van der Waals surface area contributed by atoms with Crippen LogP contribution in [0.1, 0.15) is 262 Å². The number of amides is 1. The Kier molecular flexibility index (Phi) is 41.2. The topological polar surface area (TPSA) is 211 Å². The summed E-state index contributed by atoms with van der Waals surface area (Å²) in [5, 5.41) is 55.5. The van der Waals surface area contributed by atoms with Crippen molar-refractivity contribution in [3.8, 4) is 0 Å². The fourth-order valence-corrected chi connectivity index (χ4v) is 9.64. The highest BCUT2D eigenvalue weighted by Gasteiger charge is 2.45. The van der Waals surface area contributed by atoms with E-state index in [9.17, 15) is 39.9 Å². The number of aliphatic hydroxyl groups is 5. The van der Waals surface area contributed by atoms with E-state index in [-0.39, 0.29) is 12.0 Å². The minimum atomic E-state index is -1.74. The van der Waals surface area contributed by atoms with Gasteiger partial charge < -0.3 is 54.5 Å². The predicted octanol–water partition coefficient (Wildman–Crippen LogP) is 12.5. The molecule has 424 valence electrons. The molecular weight excluding hydrogens is 931 g/mol. The van der Waals surface area contributed by atoms with Crippen LogP contribution in [0.15, 0.2) is 30.3 Å². The highest BCUT2D eigenvalue weighted by atomic mass is 16.7. The number of hydrogen-bond donors (Lipinski definition) is 6. The molecule has 1 amide bonds. The fourth-order valence-electron chi connectivity index (χ4n) is 9.64. The number of alkyl carbamates (subject to hydrolysis) is 1. The monoisotopic (exact) mass is 1040 g/mol. The highest BCUT2D eigenvalue weighted by Crippen LogP contribution is 2.24. The second-order valence-electron chi connectivity index (χ2n) is 20.9. The van der Waals surface area contributed by atoms with Gasteiger partial charge in [-0.15, -0.1) is 0 Å². The van der Waals surface area contributed by atoms with E-state index < -0.39 is 87.0 Å². The van der Waals surface area contributed by atoms with Crippen molar-refractivity contribution >= 4 is 18.0 Å². The van der Waals surface area contributed by atoms with Crippen LogP contribution in [0.25, 0.3) is 0 Å². The first-order valence-electron chi connectivity index (χ1n) is 29.6. The van der Waals surface area contributed by atoms with Crippen LogP contribution < -0.4 is 5.32 Å². The van der Waals surface area contributed by atoms with Crippen LogP contribution in [0.4, 0.5) is 4.79 Å². The van der Waals surface area contributed by atoms with Crippen LogP contribution in [0.5, 0.6) is 0 Å². The minimum Gasteiger partial charge on any atom is -0.460 e. The minimum absolute atomic E-state index is 0.176. The summed E-state index contributed by atoms with van der Waals surface area (Å²) >= 11 is 0. The molecule has 6 N–H and O–H groups in total. The van der Waals surface area contributed by atoms with Gasteiger partial charge in [0.1, 0.15) is 36.6 Å². The summed E-state index contributed by atoms with van der Waals surface area (Å²) < 4.78 is 27.5. The molecule has 1 aromatic carbocycles. The van der Waals surface area contributed by atoms with Gasteiger partial charge in [-0.3, -0.25) is 4.79 Å². The average Bonchev–Trinajstić information content (AvgIpc) is 3.39. The summed E-state index contributed by atoms with van der Waals surface area (Å²) in [5.74, 6) is -1.18. The third-order valence-corrected chi connectivity index (χ3v) is 14.4. The first-order valence-corrected chi connectivity index (χ1v) is 29.6. The Balaban J connectivity index is 1.86. The van der Waals surface area contributed by atoms with Crippen molar-refractivity contribution in [2.75, 3.05) is 20.0 Å². The van der Waals surface area contributed by atoms with Gasteiger partial charge in [0.05, 0.1) is 24.8 Å². The van der Waals surface area contributed by atoms with Gasteiger partial charge in [0.2, 0.25) is 6.79 Å². The number of nitrogens with one attached hydrogen (secondary N) is 1. The molecule has 8 atom stereocenters. The molecule has 1 heterocycles. The lowest BCUT2D eigenvalue weighted by Crippen LogP contribution is -2.60. The third kappa shape index (κ3) is 33.0. The molecule has 1 fully saturated rings. The van der Waals surface area contributed by atoms with E-state index in [1.54, 1.807) is 30.3 Å². The van der Waals surface area contributed by atoms with E-state index in [2.05, 4.69) is 19.2 Å². The van der Waals surface area contributed by atoms with Gasteiger partial charge in [-0.05, 0) is 31.4 Å². The van der Waals surface area contributed by atoms with Crippen LogP contribution in [-0.4, -0.2) is 113 Å². The summed E-state index contributed by atoms with van der Waals surface area (Å²) in [6.45, 7) is 2.54. The molecule has 14 nitrogen and oxygen atoms in total. The van der Waals surface area contributed by atoms with E-state index in [1.807, 2.05) is 0 Å². The van der Waals surface area contributed by atoms with Crippen LogP contribution in [0, 0.1) is 0 Å². The van der Waals surface area contributed by atoms with Crippen molar-refractivity contribution in [2.45, 2.75) is 300 Å². The Bertz CT molecular complexity index is 1450. The van der Waals surface area contributed by atoms with Crippen molar-refractivity contribution in [3.05, 3.63) is 35.9 Å². The first kappa shape index (κ1) is 66.3. The first-order chi connectivity index (χ1) is 35.6. The lowest BCUT2D eigenvalue weighted by molar-refractivity contribution is -0.303. The quantitative estimate of drug-likeness (QED) is 0.0204. The molecular formula is C59H105NO13. The fraction of sp³-hybridized carbons (Fsp3) is 0.847. The Morgan fingerprint density at radius 2 is 0.986 bits per heavy atom. The van der Waals surface area contributed by atoms with Crippen LogP contribution in [0.2, 0.25) is 0 Å². The molecule has 1 saturated heterocycles. The van der Waals surface area contributed by atoms with E-state index in [1.165, 1.54) is 167 Å². The number of rotatable bonds is 48. The molecule has 0 spiro atoms.